The maximum Gasteiger partial charge on any atom is 0.320 e. The first-order chi connectivity index (χ1) is 9.97. The molecule has 1 aromatic carbocycles. The molecule has 2 aromatic rings. The van der Waals surface area contributed by atoms with Gasteiger partial charge in [0.15, 0.2) is 0 Å². The minimum atomic E-state index is -1.03. The molecule has 1 heterocycles. The Morgan fingerprint density at radius 2 is 2.10 bits per heavy atom. The SMILES string of the molecule is NC(CCc1nc(-c2ccc([N+](=O)[O-])cc2)cs1)C(=O)O. The zero-order valence-corrected chi connectivity index (χ0v) is 11.7. The summed E-state index contributed by atoms with van der Waals surface area (Å²) in [4.78, 5) is 25.2. The molecule has 0 amide bonds. The van der Waals surface area contributed by atoms with Gasteiger partial charge in [-0.05, 0) is 18.6 Å². The lowest BCUT2D eigenvalue weighted by molar-refractivity contribution is -0.384. The number of benzene rings is 1. The van der Waals surface area contributed by atoms with Gasteiger partial charge in [-0.2, -0.15) is 0 Å². The average Bonchev–Trinajstić information content (AvgIpc) is 2.93. The predicted molar refractivity (Wildman–Crippen MR) is 78.1 cm³/mol. The molecule has 1 atom stereocenters. The number of nitro benzene ring substituents is 1. The van der Waals surface area contributed by atoms with Crippen molar-refractivity contribution in [2.24, 2.45) is 5.73 Å². The fourth-order valence-electron chi connectivity index (χ4n) is 1.71. The van der Waals surface area contributed by atoms with E-state index >= 15 is 0 Å². The molecular formula is C13H13N3O4S. The van der Waals surface area contributed by atoms with E-state index in [4.69, 9.17) is 10.8 Å². The van der Waals surface area contributed by atoms with Crippen LogP contribution in [-0.4, -0.2) is 27.0 Å². The van der Waals surface area contributed by atoms with Crippen molar-refractivity contribution in [2.45, 2.75) is 18.9 Å². The second-order valence-electron chi connectivity index (χ2n) is 4.41. The van der Waals surface area contributed by atoms with Crippen molar-refractivity contribution in [1.82, 2.24) is 4.98 Å². The van der Waals surface area contributed by atoms with Gasteiger partial charge in [-0.15, -0.1) is 11.3 Å². The first-order valence-corrected chi connectivity index (χ1v) is 7.03. The molecule has 0 saturated carbocycles. The Bertz CT molecular complexity index is 654. The van der Waals surface area contributed by atoms with E-state index in [1.165, 1.54) is 23.5 Å². The normalized spacial score (nSPS) is 12.0. The number of thiazole rings is 1. The lowest BCUT2D eigenvalue weighted by Gasteiger charge is -2.03. The lowest BCUT2D eigenvalue weighted by atomic mass is 10.1. The van der Waals surface area contributed by atoms with Crippen molar-refractivity contribution in [1.29, 1.82) is 0 Å². The van der Waals surface area contributed by atoms with Crippen LogP contribution in [0.1, 0.15) is 11.4 Å². The second-order valence-corrected chi connectivity index (χ2v) is 5.36. The summed E-state index contributed by atoms with van der Waals surface area (Å²) >= 11 is 1.42. The van der Waals surface area contributed by atoms with Crippen LogP contribution in [0.15, 0.2) is 29.6 Å². The molecule has 0 bridgehead atoms. The number of aliphatic carboxylic acids is 1. The highest BCUT2D eigenvalue weighted by Crippen LogP contribution is 2.24. The van der Waals surface area contributed by atoms with Gasteiger partial charge in [0.25, 0.3) is 5.69 Å². The molecule has 8 heteroatoms. The van der Waals surface area contributed by atoms with E-state index in [0.29, 0.717) is 18.5 Å². The number of rotatable bonds is 6. The summed E-state index contributed by atoms with van der Waals surface area (Å²) in [6.07, 6.45) is 0.813. The average molecular weight is 307 g/mol. The summed E-state index contributed by atoms with van der Waals surface area (Å²) in [6.45, 7) is 0. The minimum Gasteiger partial charge on any atom is -0.480 e. The van der Waals surface area contributed by atoms with Gasteiger partial charge in [-0.25, -0.2) is 4.98 Å². The molecule has 1 aromatic heterocycles. The topological polar surface area (TPSA) is 119 Å². The largest absolute Gasteiger partial charge is 0.480 e. The van der Waals surface area contributed by atoms with Crippen LogP contribution in [0.25, 0.3) is 11.3 Å². The molecule has 0 aliphatic rings. The summed E-state index contributed by atoms with van der Waals surface area (Å²) < 4.78 is 0. The van der Waals surface area contributed by atoms with Gasteiger partial charge < -0.3 is 10.8 Å². The number of carbonyl (C=O) groups is 1. The number of nitro groups is 1. The molecule has 0 fully saturated rings. The van der Waals surface area contributed by atoms with E-state index in [9.17, 15) is 14.9 Å². The molecule has 1 unspecified atom stereocenters. The Morgan fingerprint density at radius 3 is 2.67 bits per heavy atom. The molecule has 21 heavy (non-hydrogen) atoms. The Balaban J connectivity index is 2.05. The molecular weight excluding hydrogens is 294 g/mol. The van der Waals surface area contributed by atoms with Gasteiger partial charge in [-0.3, -0.25) is 14.9 Å². The van der Waals surface area contributed by atoms with Gasteiger partial charge in [0.2, 0.25) is 0 Å². The van der Waals surface area contributed by atoms with Crippen molar-refractivity contribution < 1.29 is 14.8 Å². The van der Waals surface area contributed by atoms with Crippen LogP contribution in [0.2, 0.25) is 0 Å². The number of hydrogen-bond acceptors (Lipinski definition) is 6. The molecule has 0 aliphatic heterocycles. The van der Waals surface area contributed by atoms with Crippen LogP contribution in [0.4, 0.5) is 5.69 Å². The van der Waals surface area contributed by atoms with Crippen LogP contribution in [0, 0.1) is 10.1 Å². The van der Waals surface area contributed by atoms with Gasteiger partial charge in [0.05, 0.1) is 15.6 Å². The molecule has 7 nitrogen and oxygen atoms in total. The molecule has 110 valence electrons. The molecule has 0 saturated heterocycles. The third-order valence-electron chi connectivity index (χ3n) is 2.91. The highest BCUT2D eigenvalue weighted by Gasteiger charge is 2.13. The van der Waals surface area contributed by atoms with Crippen LogP contribution in [-0.2, 0) is 11.2 Å². The van der Waals surface area contributed by atoms with Crippen molar-refractivity contribution >= 4 is 23.0 Å². The second kappa shape index (κ2) is 6.42. The summed E-state index contributed by atoms with van der Waals surface area (Å²) in [7, 11) is 0. The number of carboxylic acid groups (broad SMARTS) is 1. The van der Waals surface area contributed by atoms with Crippen molar-refractivity contribution in [2.75, 3.05) is 0 Å². The van der Waals surface area contributed by atoms with Crippen LogP contribution in [0.5, 0.6) is 0 Å². The summed E-state index contributed by atoms with van der Waals surface area (Å²) in [5, 5.41) is 21.9. The first-order valence-electron chi connectivity index (χ1n) is 6.15. The Hall–Kier alpha value is -2.32. The van der Waals surface area contributed by atoms with E-state index in [0.717, 1.165) is 10.6 Å². The van der Waals surface area contributed by atoms with Crippen LogP contribution < -0.4 is 5.73 Å². The molecule has 0 radical (unpaired) electrons. The number of carboxylic acids is 1. The summed E-state index contributed by atoms with van der Waals surface area (Å²) in [5.74, 6) is -1.03. The van der Waals surface area contributed by atoms with Gasteiger partial charge in [0.1, 0.15) is 6.04 Å². The van der Waals surface area contributed by atoms with Gasteiger partial charge in [-0.1, -0.05) is 0 Å². The quantitative estimate of drug-likeness (QED) is 0.622. The van der Waals surface area contributed by atoms with Crippen molar-refractivity contribution in [3.05, 3.63) is 44.8 Å². The Kier molecular flexibility index (Phi) is 4.61. The van der Waals surface area contributed by atoms with E-state index in [-0.39, 0.29) is 5.69 Å². The van der Waals surface area contributed by atoms with Crippen molar-refractivity contribution in [3.63, 3.8) is 0 Å². The van der Waals surface area contributed by atoms with Crippen LogP contribution >= 0.6 is 11.3 Å². The fraction of sp³-hybridized carbons (Fsp3) is 0.231. The highest BCUT2D eigenvalue weighted by molar-refractivity contribution is 7.09. The number of aryl methyl sites for hydroxylation is 1. The number of non-ortho nitro benzene ring substituents is 1. The lowest BCUT2D eigenvalue weighted by Crippen LogP contribution is -2.30. The van der Waals surface area contributed by atoms with Crippen LogP contribution in [0.3, 0.4) is 0 Å². The third-order valence-corrected chi connectivity index (χ3v) is 3.82. The molecule has 0 spiro atoms. The molecule has 0 aliphatic carbocycles. The fourth-order valence-corrected chi connectivity index (χ4v) is 2.54. The first kappa shape index (κ1) is 15.1. The minimum absolute atomic E-state index is 0.0293. The standard InChI is InChI=1S/C13H13N3O4S/c14-10(13(17)18)5-6-12-15-11(7-21-12)8-1-3-9(4-2-8)16(19)20/h1-4,7,10H,5-6,14H2,(H,17,18). The number of nitrogens with zero attached hydrogens (tertiary/aromatic N) is 2. The molecule has 2 rings (SSSR count). The van der Waals surface area contributed by atoms with Gasteiger partial charge in [0, 0.05) is 29.5 Å². The highest BCUT2D eigenvalue weighted by atomic mass is 32.1. The Labute approximate surface area is 124 Å². The summed E-state index contributed by atoms with van der Waals surface area (Å²) in [5.41, 5.74) is 6.97. The maximum atomic E-state index is 10.6. The zero-order valence-electron chi connectivity index (χ0n) is 10.9. The number of hydrogen-bond donors (Lipinski definition) is 2. The summed E-state index contributed by atoms with van der Waals surface area (Å²) in [6, 6.07) is 5.24. The van der Waals surface area contributed by atoms with Gasteiger partial charge >= 0.3 is 5.97 Å². The van der Waals surface area contributed by atoms with E-state index in [2.05, 4.69) is 4.98 Å². The smallest absolute Gasteiger partial charge is 0.320 e. The van der Waals surface area contributed by atoms with E-state index in [1.807, 2.05) is 5.38 Å². The third kappa shape index (κ3) is 3.83. The van der Waals surface area contributed by atoms with Crippen molar-refractivity contribution in [3.8, 4) is 11.3 Å². The number of aromatic nitrogens is 1. The van der Waals surface area contributed by atoms with E-state index < -0.39 is 16.9 Å². The zero-order chi connectivity index (χ0) is 15.4. The maximum absolute atomic E-state index is 10.6. The molecule has 3 N–H and O–H groups in total. The predicted octanol–water partition coefficient (Wildman–Crippen LogP) is 2.06. The van der Waals surface area contributed by atoms with E-state index in [1.54, 1.807) is 12.1 Å². The Morgan fingerprint density at radius 1 is 1.43 bits per heavy atom. The number of nitrogens with two attached hydrogens (primary N) is 1. The monoisotopic (exact) mass is 307 g/mol.